The molecule has 2 aromatic heterocycles. The molecule has 0 unspecified atom stereocenters. The van der Waals surface area contributed by atoms with E-state index in [1.54, 1.807) is 31.2 Å². The number of nitrogens with zero attached hydrogens (tertiary/aromatic N) is 5. The van der Waals surface area contributed by atoms with Crippen molar-refractivity contribution in [2.45, 2.75) is 31.7 Å². The van der Waals surface area contributed by atoms with Gasteiger partial charge in [0.25, 0.3) is 5.89 Å². The van der Waals surface area contributed by atoms with Crippen LogP contribution in [0, 0.1) is 5.92 Å². The minimum Gasteiger partial charge on any atom is -0.347 e. The van der Waals surface area contributed by atoms with Gasteiger partial charge in [0, 0.05) is 24.8 Å². The molecule has 1 aromatic carbocycles. The Morgan fingerprint density at radius 3 is 2.68 bits per heavy atom. The van der Waals surface area contributed by atoms with E-state index < -0.39 is 0 Å². The van der Waals surface area contributed by atoms with Crippen LogP contribution in [0.4, 0.5) is 0 Å². The second-order valence-electron chi connectivity index (χ2n) is 7.62. The Balaban J connectivity index is 1.62. The molecule has 7 nitrogen and oxygen atoms in total. The summed E-state index contributed by atoms with van der Waals surface area (Å²) in [5.74, 6) is 1.57. The average molecular weight is 444 g/mol. The SMILES string of the molecule is CN(C)C(=O)Cn1cc(-c2nc([C@@](C)(c3ccc(Br)cc3)C3CC3)no2)cn1. The minimum atomic E-state index is -0.292. The van der Waals surface area contributed by atoms with E-state index in [0.29, 0.717) is 23.2 Å². The van der Waals surface area contributed by atoms with Crippen molar-refractivity contribution in [2.75, 3.05) is 14.1 Å². The summed E-state index contributed by atoms with van der Waals surface area (Å²) in [6.07, 6.45) is 5.71. The minimum absolute atomic E-state index is 0.0302. The van der Waals surface area contributed by atoms with Crippen LogP contribution in [0.1, 0.15) is 31.2 Å². The molecule has 0 saturated heterocycles. The van der Waals surface area contributed by atoms with Crippen LogP contribution in [-0.4, -0.2) is 44.8 Å². The first-order valence-corrected chi connectivity index (χ1v) is 10.0. The molecule has 3 aromatic rings. The molecule has 0 N–H and O–H groups in total. The molecule has 2 heterocycles. The number of carbonyl (C=O) groups is 1. The first-order valence-electron chi connectivity index (χ1n) is 9.21. The zero-order chi connectivity index (χ0) is 19.9. The molecule has 1 aliphatic carbocycles. The molecule has 0 aliphatic heterocycles. The van der Waals surface area contributed by atoms with Gasteiger partial charge in [-0.15, -0.1) is 0 Å². The van der Waals surface area contributed by atoms with Crippen molar-refractivity contribution in [1.82, 2.24) is 24.8 Å². The zero-order valence-corrected chi connectivity index (χ0v) is 17.7. The zero-order valence-electron chi connectivity index (χ0n) is 16.1. The van der Waals surface area contributed by atoms with Gasteiger partial charge in [-0.3, -0.25) is 9.48 Å². The van der Waals surface area contributed by atoms with Gasteiger partial charge in [-0.25, -0.2) is 0 Å². The number of hydrogen-bond donors (Lipinski definition) is 0. The predicted molar refractivity (Wildman–Crippen MR) is 108 cm³/mol. The van der Waals surface area contributed by atoms with Crippen molar-refractivity contribution in [1.29, 1.82) is 0 Å². The third-order valence-electron chi connectivity index (χ3n) is 5.40. The average Bonchev–Trinajstić information content (AvgIpc) is 3.23. The standard InChI is InChI=1S/C20H22BrN5O2/c1-20(14-4-5-14,15-6-8-16(21)9-7-15)19-23-18(28-24-19)13-10-22-26(11-13)12-17(27)25(2)3/h6-11,14H,4-5,12H2,1-3H3/t20-/m1/s1. The van der Waals surface area contributed by atoms with E-state index in [4.69, 9.17) is 9.51 Å². The van der Waals surface area contributed by atoms with Crippen molar-refractivity contribution >= 4 is 21.8 Å². The van der Waals surface area contributed by atoms with Crippen molar-refractivity contribution < 1.29 is 9.32 Å². The summed E-state index contributed by atoms with van der Waals surface area (Å²) in [4.78, 5) is 18.1. The van der Waals surface area contributed by atoms with Crippen LogP contribution in [0.2, 0.25) is 0 Å². The number of hydrogen-bond acceptors (Lipinski definition) is 5. The maximum atomic E-state index is 11.9. The molecule has 1 aliphatic rings. The first kappa shape index (κ1) is 18.9. The Bertz CT molecular complexity index is 990. The van der Waals surface area contributed by atoms with Crippen molar-refractivity contribution in [3.8, 4) is 11.5 Å². The van der Waals surface area contributed by atoms with Crippen LogP contribution in [-0.2, 0) is 16.8 Å². The lowest BCUT2D eigenvalue weighted by Crippen LogP contribution is -2.27. The summed E-state index contributed by atoms with van der Waals surface area (Å²) in [7, 11) is 3.44. The van der Waals surface area contributed by atoms with Gasteiger partial charge < -0.3 is 9.42 Å². The van der Waals surface area contributed by atoms with Crippen LogP contribution >= 0.6 is 15.9 Å². The van der Waals surface area contributed by atoms with Crippen molar-refractivity contribution in [2.24, 2.45) is 5.92 Å². The topological polar surface area (TPSA) is 77.0 Å². The highest BCUT2D eigenvalue weighted by Gasteiger charge is 2.47. The lowest BCUT2D eigenvalue weighted by molar-refractivity contribution is -0.129. The highest BCUT2D eigenvalue weighted by molar-refractivity contribution is 9.10. The highest BCUT2D eigenvalue weighted by atomic mass is 79.9. The van der Waals surface area contributed by atoms with Gasteiger partial charge in [-0.2, -0.15) is 10.1 Å². The first-order chi connectivity index (χ1) is 13.4. The van der Waals surface area contributed by atoms with Crippen LogP contribution in [0.5, 0.6) is 0 Å². The molecule has 1 amide bonds. The molecular formula is C20H22BrN5O2. The van der Waals surface area contributed by atoms with Crippen molar-refractivity contribution in [3.05, 3.63) is 52.5 Å². The monoisotopic (exact) mass is 443 g/mol. The summed E-state index contributed by atoms with van der Waals surface area (Å²) in [6.45, 7) is 2.36. The number of likely N-dealkylation sites (N-methyl/N-ethyl adjacent to an activating group) is 1. The number of rotatable bonds is 6. The Labute approximate surface area is 171 Å². The predicted octanol–water partition coefficient (Wildman–Crippen LogP) is 3.50. The molecule has 1 atom stereocenters. The lowest BCUT2D eigenvalue weighted by Gasteiger charge is -2.26. The second kappa shape index (κ2) is 7.16. The van der Waals surface area contributed by atoms with Crippen LogP contribution < -0.4 is 0 Å². The summed E-state index contributed by atoms with van der Waals surface area (Å²) in [5.41, 5.74) is 1.59. The van der Waals surface area contributed by atoms with E-state index >= 15 is 0 Å². The molecule has 4 rings (SSSR count). The number of aromatic nitrogens is 4. The molecular weight excluding hydrogens is 422 g/mol. The molecule has 146 valence electrons. The van der Waals surface area contributed by atoms with E-state index in [2.05, 4.69) is 45.2 Å². The maximum absolute atomic E-state index is 11.9. The summed E-state index contributed by atoms with van der Waals surface area (Å²) < 4.78 is 8.19. The molecule has 8 heteroatoms. The fraction of sp³-hybridized carbons (Fsp3) is 0.400. The van der Waals surface area contributed by atoms with Crippen molar-refractivity contribution in [3.63, 3.8) is 0 Å². The fourth-order valence-electron chi connectivity index (χ4n) is 3.40. The van der Waals surface area contributed by atoms with Crippen LogP contribution in [0.25, 0.3) is 11.5 Å². The van der Waals surface area contributed by atoms with E-state index in [-0.39, 0.29) is 17.9 Å². The van der Waals surface area contributed by atoms with E-state index in [1.807, 2.05) is 12.1 Å². The largest absolute Gasteiger partial charge is 0.347 e. The summed E-state index contributed by atoms with van der Waals surface area (Å²) >= 11 is 3.50. The van der Waals surface area contributed by atoms with Gasteiger partial charge in [0.2, 0.25) is 5.91 Å². The number of carbonyl (C=O) groups excluding carboxylic acids is 1. The number of halogens is 1. The van der Waals surface area contributed by atoms with Gasteiger partial charge in [-0.05, 0) is 43.4 Å². The smallest absolute Gasteiger partial charge is 0.261 e. The Kier molecular flexibility index (Phi) is 4.82. The third-order valence-corrected chi connectivity index (χ3v) is 5.93. The lowest BCUT2D eigenvalue weighted by atomic mass is 9.77. The van der Waals surface area contributed by atoms with Gasteiger partial charge in [0.15, 0.2) is 5.82 Å². The van der Waals surface area contributed by atoms with E-state index in [0.717, 1.165) is 17.3 Å². The summed E-state index contributed by atoms with van der Waals surface area (Å²) in [6, 6.07) is 8.32. The number of amides is 1. The highest BCUT2D eigenvalue weighted by Crippen LogP contribution is 2.50. The van der Waals surface area contributed by atoms with Gasteiger partial charge in [0.1, 0.15) is 6.54 Å². The van der Waals surface area contributed by atoms with E-state index in [1.165, 1.54) is 10.5 Å². The normalized spacial score (nSPS) is 16.0. The van der Waals surface area contributed by atoms with Gasteiger partial charge >= 0.3 is 0 Å². The van der Waals surface area contributed by atoms with Crippen LogP contribution in [0.15, 0.2) is 45.7 Å². The molecule has 28 heavy (non-hydrogen) atoms. The second-order valence-corrected chi connectivity index (χ2v) is 8.54. The molecule has 1 fully saturated rings. The Morgan fingerprint density at radius 2 is 2.04 bits per heavy atom. The fourth-order valence-corrected chi connectivity index (χ4v) is 3.66. The Hall–Kier alpha value is -2.48. The van der Waals surface area contributed by atoms with E-state index in [9.17, 15) is 4.79 Å². The summed E-state index contributed by atoms with van der Waals surface area (Å²) in [5, 5.41) is 8.55. The molecule has 0 bridgehead atoms. The molecule has 0 radical (unpaired) electrons. The maximum Gasteiger partial charge on any atom is 0.261 e. The van der Waals surface area contributed by atoms with Gasteiger partial charge in [-0.1, -0.05) is 33.2 Å². The van der Waals surface area contributed by atoms with Crippen LogP contribution in [0.3, 0.4) is 0 Å². The third kappa shape index (κ3) is 3.48. The van der Waals surface area contributed by atoms with Gasteiger partial charge in [0.05, 0.1) is 17.2 Å². The quantitative estimate of drug-likeness (QED) is 0.582. The number of benzene rings is 1. The molecule has 1 saturated carbocycles. The Morgan fingerprint density at radius 1 is 1.32 bits per heavy atom. The molecule has 0 spiro atoms.